The monoisotopic (exact) mass is 194 g/mol. The lowest BCUT2D eigenvalue weighted by atomic mass is 10.1. The highest BCUT2D eigenvalue weighted by atomic mass is 16.5. The second-order valence-electron chi connectivity index (χ2n) is 2.85. The minimum absolute atomic E-state index is 0.0138. The number of aliphatic hydroxyl groups is 2. The lowest BCUT2D eigenvalue weighted by Gasteiger charge is -2.07. The lowest BCUT2D eigenvalue weighted by Crippen LogP contribution is -2.40. The molecule has 0 atom stereocenters. The Balaban J connectivity index is 3.38. The van der Waals surface area contributed by atoms with Crippen LogP contribution in [-0.2, 0) is 9.59 Å². The standard InChI is InChI=1S/C10H10O4/c1-3-5-7-6(4-2)8(11)10(13,14)9(7)12/h3-5,13-14H,1H2,2H3/b6-4+,7-5+. The van der Waals surface area contributed by atoms with Crippen molar-refractivity contribution in [2.24, 2.45) is 0 Å². The predicted octanol–water partition coefficient (Wildman–Crippen LogP) is -0.122. The summed E-state index contributed by atoms with van der Waals surface area (Å²) in [6.45, 7) is 4.91. The van der Waals surface area contributed by atoms with E-state index in [9.17, 15) is 19.8 Å². The Kier molecular flexibility index (Phi) is 2.51. The van der Waals surface area contributed by atoms with Crippen molar-refractivity contribution in [1.29, 1.82) is 0 Å². The van der Waals surface area contributed by atoms with Gasteiger partial charge in [0.2, 0.25) is 11.6 Å². The first-order valence-electron chi connectivity index (χ1n) is 4.00. The van der Waals surface area contributed by atoms with E-state index in [0.29, 0.717) is 0 Å². The molecule has 1 rings (SSSR count). The van der Waals surface area contributed by atoms with E-state index in [-0.39, 0.29) is 11.1 Å². The molecule has 0 aromatic rings. The van der Waals surface area contributed by atoms with Crippen molar-refractivity contribution in [2.45, 2.75) is 12.7 Å². The maximum Gasteiger partial charge on any atom is 0.295 e. The topological polar surface area (TPSA) is 74.6 Å². The van der Waals surface area contributed by atoms with Crippen LogP contribution in [0.3, 0.4) is 0 Å². The molecule has 0 heterocycles. The smallest absolute Gasteiger partial charge is 0.295 e. The molecule has 0 spiro atoms. The number of hydrogen-bond donors (Lipinski definition) is 2. The summed E-state index contributed by atoms with van der Waals surface area (Å²) >= 11 is 0. The fourth-order valence-electron chi connectivity index (χ4n) is 1.29. The average Bonchev–Trinajstić information content (AvgIpc) is 2.29. The molecule has 0 amide bonds. The summed E-state index contributed by atoms with van der Waals surface area (Å²) in [5.74, 6) is -4.90. The van der Waals surface area contributed by atoms with Crippen LogP contribution in [0.25, 0.3) is 0 Å². The molecule has 2 N–H and O–H groups in total. The van der Waals surface area contributed by atoms with E-state index in [1.807, 2.05) is 0 Å². The Labute approximate surface area is 80.9 Å². The van der Waals surface area contributed by atoms with Gasteiger partial charge in [0.15, 0.2) is 0 Å². The molecule has 0 aromatic carbocycles. The zero-order chi connectivity index (χ0) is 10.9. The van der Waals surface area contributed by atoms with Crippen molar-refractivity contribution in [2.75, 3.05) is 0 Å². The molecule has 14 heavy (non-hydrogen) atoms. The van der Waals surface area contributed by atoms with Gasteiger partial charge in [0.05, 0.1) is 0 Å². The first-order chi connectivity index (χ1) is 6.46. The lowest BCUT2D eigenvalue weighted by molar-refractivity contribution is -0.179. The van der Waals surface area contributed by atoms with Gasteiger partial charge in [-0.25, -0.2) is 0 Å². The van der Waals surface area contributed by atoms with Gasteiger partial charge in [-0.15, -0.1) is 0 Å². The van der Waals surface area contributed by atoms with E-state index in [0.717, 1.165) is 0 Å². The van der Waals surface area contributed by atoms with Gasteiger partial charge in [-0.1, -0.05) is 24.8 Å². The molecule has 1 aliphatic carbocycles. The van der Waals surface area contributed by atoms with Crippen LogP contribution in [0.1, 0.15) is 6.92 Å². The summed E-state index contributed by atoms with van der Waals surface area (Å²) in [6.07, 6.45) is 3.96. The van der Waals surface area contributed by atoms with Crippen molar-refractivity contribution in [3.8, 4) is 0 Å². The van der Waals surface area contributed by atoms with Gasteiger partial charge in [0.1, 0.15) is 0 Å². The molecule has 0 radical (unpaired) electrons. The van der Waals surface area contributed by atoms with Gasteiger partial charge >= 0.3 is 0 Å². The summed E-state index contributed by atoms with van der Waals surface area (Å²) in [6, 6.07) is 0. The number of carbonyl (C=O) groups is 2. The number of allylic oxidation sites excluding steroid dienone is 3. The Hall–Kier alpha value is -1.52. The van der Waals surface area contributed by atoms with Crippen LogP contribution in [0.5, 0.6) is 0 Å². The molecule has 4 heteroatoms. The minimum atomic E-state index is -2.91. The zero-order valence-electron chi connectivity index (χ0n) is 7.65. The highest BCUT2D eigenvalue weighted by molar-refractivity contribution is 6.33. The van der Waals surface area contributed by atoms with Crippen LogP contribution in [0.4, 0.5) is 0 Å². The van der Waals surface area contributed by atoms with E-state index < -0.39 is 17.4 Å². The fraction of sp³-hybridized carbons (Fsp3) is 0.200. The van der Waals surface area contributed by atoms with Crippen molar-refractivity contribution in [3.63, 3.8) is 0 Å². The number of Topliss-reactive ketones (excluding diaryl/α,β-unsaturated/α-hetero) is 2. The highest BCUT2D eigenvalue weighted by Gasteiger charge is 2.52. The molecule has 0 saturated heterocycles. The van der Waals surface area contributed by atoms with Crippen LogP contribution in [0.2, 0.25) is 0 Å². The number of hydrogen-bond acceptors (Lipinski definition) is 4. The normalized spacial score (nSPS) is 26.2. The third-order valence-corrected chi connectivity index (χ3v) is 1.99. The van der Waals surface area contributed by atoms with Crippen molar-refractivity contribution >= 4 is 11.6 Å². The Morgan fingerprint density at radius 3 is 2.14 bits per heavy atom. The predicted molar refractivity (Wildman–Crippen MR) is 49.2 cm³/mol. The van der Waals surface area contributed by atoms with E-state index in [1.54, 1.807) is 6.92 Å². The zero-order valence-corrected chi connectivity index (χ0v) is 7.65. The van der Waals surface area contributed by atoms with Crippen LogP contribution in [0, 0.1) is 0 Å². The Morgan fingerprint density at radius 1 is 1.21 bits per heavy atom. The second-order valence-corrected chi connectivity index (χ2v) is 2.85. The summed E-state index contributed by atoms with van der Waals surface area (Å²) in [4.78, 5) is 22.6. The average molecular weight is 194 g/mol. The van der Waals surface area contributed by atoms with E-state index in [1.165, 1.54) is 18.2 Å². The molecule has 0 bridgehead atoms. The fourth-order valence-corrected chi connectivity index (χ4v) is 1.29. The van der Waals surface area contributed by atoms with Gasteiger partial charge in [0, 0.05) is 11.1 Å². The molecule has 0 unspecified atom stereocenters. The summed E-state index contributed by atoms with van der Waals surface area (Å²) in [7, 11) is 0. The van der Waals surface area contributed by atoms with E-state index >= 15 is 0 Å². The summed E-state index contributed by atoms with van der Waals surface area (Å²) in [5, 5.41) is 18.3. The molecule has 1 saturated carbocycles. The SMILES string of the molecule is C=C/C=C1/C(=O)C(O)(O)C(=O)/C1=C/C. The first kappa shape index (κ1) is 10.6. The first-order valence-corrected chi connectivity index (χ1v) is 4.00. The molecule has 1 aliphatic rings. The van der Waals surface area contributed by atoms with E-state index in [2.05, 4.69) is 6.58 Å². The molecular weight excluding hydrogens is 184 g/mol. The molecule has 0 aromatic heterocycles. The molecule has 74 valence electrons. The number of rotatable bonds is 1. The molecular formula is C10H10O4. The Morgan fingerprint density at radius 2 is 1.71 bits per heavy atom. The van der Waals surface area contributed by atoms with E-state index in [4.69, 9.17) is 0 Å². The second kappa shape index (κ2) is 3.32. The quantitative estimate of drug-likeness (QED) is 0.346. The Bertz CT molecular complexity index is 372. The van der Waals surface area contributed by atoms with Crippen LogP contribution in [0.15, 0.2) is 36.0 Å². The van der Waals surface area contributed by atoms with Gasteiger partial charge in [-0.2, -0.15) is 0 Å². The van der Waals surface area contributed by atoms with Gasteiger partial charge < -0.3 is 10.2 Å². The van der Waals surface area contributed by atoms with Gasteiger partial charge in [-0.05, 0) is 6.92 Å². The van der Waals surface area contributed by atoms with Crippen LogP contribution in [-0.4, -0.2) is 27.6 Å². The number of ketones is 2. The minimum Gasteiger partial charge on any atom is -0.353 e. The van der Waals surface area contributed by atoms with Crippen LogP contribution < -0.4 is 0 Å². The van der Waals surface area contributed by atoms with Crippen molar-refractivity contribution in [3.05, 3.63) is 36.0 Å². The molecule has 0 aliphatic heterocycles. The molecule has 4 nitrogen and oxygen atoms in total. The third kappa shape index (κ3) is 1.25. The number of carbonyl (C=O) groups excluding carboxylic acids is 2. The van der Waals surface area contributed by atoms with Gasteiger partial charge in [0.25, 0.3) is 5.79 Å². The summed E-state index contributed by atoms with van der Waals surface area (Å²) in [5.41, 5.74) is -0.00241. The third-order valence-electron chi connectivity index (χ3n) is 1.99. The van der Waals surface area contributed by atoms with Crippen molar-refractivity contribution in [1.82, 2.24) is 0 Å². The molecule has 1 fully saturated rings. The maximum atomic E-state index is 11.3. The largest absolute Gasteiger partial charge is 0.353 e. The van der Waals surface area contributed by atoms with Crippen LogP contribution >= 0.6 is 0 Å². The van der Waals surface area contributed by atoms with Gasteiger partial charge in [-0.3, -0.25) is 9.59 Å². The van der Waals surface area contributed by atoms with Crippen molar-refractivity contribution < 1.29 is 19.8 Å². The highest BCUT2D eigenvalue weighted by Crippen LogP contribution is 2.30. The maximum absolute atomic E-state index is 11.3. The summed E-state index contributed by atoms with van der Waals surface area (Å²) < 4.78 is 0.